The van der Waals surface area contributed by atoms with E-state index in [1.54, 1.807) is 4.90 Å². The van der Waals surface area contributed by atoms with Crippen molar-refractivity contribution in [3.8, 4) is 0 Å². The molecule has 3 heterocycles. The fourth-order valence-electron chi connectivity index (χ4n) is 5.68. The van der Waals surface area contributed by atoms with Crippen molar-refractivity contribution < 1.29 is 27.8 Å². The minimum atomic E-state index is -4.10. The first-order valence-electron chi connectivity index (χ1n) is 13.6. The SMILES string of the molecule is CCN(CC1CCC(C(F)(F)F)CC1)c1ncnc2c1ccn2C[C@@H]1CCN(C(=O)OC(C)(C)C)C[C@H]1O. The molecule has 1 saturated heterocycles. The minimum Gasteiger partial charge on any atom is -0.444 e. The summed E-state index contributed by atoms with van der Waals surface area (Å²) in [7, 11) is 0. The second kappa shape index (κ2) is 11.3. The number of hydrogen-bond donors (Lipinski definition) is 1. The molecule has 1 amide bonds. The molecule has 0 radical (unpaired) electrons. The Morgan fingerprint density at radius 3 is 2.47 bits per heavy atom. The molecule has 4 rings (SSSR count). The van der Waals surface area contributed by atoms with Gasteiger partial charge in [-0.25, -0.2) is 14.8 Å². The Balaban J connectivity index is 1.41. The number of anilines is 1. The van der Waals surface area contributed by atoms with Crippen molar-refractivity contribution in [2.75, 3.05) is 31.1 Å². The Labute approximate surface area is 222 Å². The van der Waals surface area contributed by atoms with Gasteiger partial charge in [-0.2, -0.15) is 13.2 Å². The Hall–Kier alpha value is -2.56. The number of rotatable bonds is 6. The van der Waals surface area contributed by atoms with E-state index >= 15 is 0 Å². The van der Waals surface area contributed by atoms with E-state index < -0.39 is 29.9 Å². The maximum Gasteiger partial charge on any atom is 0.410 e. The lowest BCUT2D eigenvalue weighted by molar-refractivity contribution is -0.183. The molecule has 2 aliphatic rings. The first-order valence-corrected chi connectivity index (χ1v) is 13.6. The van der Waals surface area contributed by atoms with Gasteiger partial charge in [0.1, 0.15) is 23.4 Å². The van der Waals surface area contributed by atoms with Crippen LogP contribution in [0.15, 0.2) is 18.6 Å². The summed E-state index contributed by atoms with van der Waals surface area (Å²) < 4.78 is 46.7. The minimum absolute atomic E-state index is 0.0474. The van der Waals surface area contributed by atoms with Crippen molar-refractivity contribution in [3.63, 3.8) is 0 Å². The number of aliphatic hydroxyl groups excluding tert-OH is 1. The van der Waals surface area contributed by atoms with Crippen molar-refractivity contribution in [1.82, 2.24) is 19.4 Å². The summed E-state index contributed by atoms with van der Waals surface area (Å²) in [5, 5.41) is 11.7. The number of alkyl halides is 3. The van der Waals surface area contributed by atoms with Gasteiger partial charge in [0, 0.05) is 38.3 Å². The highest BCUT2D eigenvalue weighted by Crippen LogP contribution is 2.40. The number of carbonyl (C=O) groups excluding carboxylic acids is 1. The number of hydrogen-bond acceptors (Lipinski definition) is 6. The smallest absolute Gasteiger partial charge is 0.410 e. The predicted molar refractivity (Wildman–Crippen MR) is 139 cm³/mol. The van der Waals surface area contributed by atoms with Crippen LogP contribution in [0.5, 0.6) is 0 Å². The van der Waals surface area contributed by atoms with Crippen LogP contribution in [-0.2, 0) is 11.3 Å². The van der Waals surface area contributed by atoms with E-state index in [0.29, 0.717) is 45.4 Å². The maximum absolute atomic E-state index is 13.1. The second-order valence-electron chi connectivity index (χ2n) is 11.7. The molecule has 8 nitrogen and oxygen atoms in total. The Kier molecular flexibility index (Phi) is 8.44. The van der Waals surface area contributed by atoms with E-state index in [9.17, 15) is 23.1 Å². The summed E-state index contributed by atoms with van der Waals surface area (Å²) in [5.41, 5.74) is 0.172. The summed E-state index contributed by atoms with van der Waals surface area (Å²) in [6.45, 7) is 10.1. The van der Waals surface area contributed by atoms with E-state index in [2.05, 4.69) is 14.9 Å². The fourth-order valence-corrected chi connectivity index (χ4v) is 5.68. The van der Waals surface area contributed by atoms with Crippen LogP contribution in [0.1, 0.15) is 59.8 Å². The Morgan fingerprint density at radius 1 is 1.16 bits per heavy atom. The standard InChI is InChI=1S/C27H40F3N5O3/c1-5-33(14-18-6-8-20(9-7-18)27(28,29)30)23-21-11-13-34(24(21)32-17-31-23)15-19-10-12-35(16-22(19)36)25(37)38-26(2,3)4/h11,13,17-20,22,36H,5-10,12,14-16H2,1-4H3/t18?,19-,20?,22+/m0/s1. The van der Waals surface area contributed by atoms with Crippen molar-refractivity contribution in [2.45, 2.75) is 84.2 Å². The summed E-state index contributed by atoms with van der Waals surface area (Å²) in [4.78, 5) is 25.2. The van der Waals surface area contributed by atoms with E-state index in [1.807, 2.05) is 44.5 Å². The van der Waals surface area contributed by atoms with Crippen LogP contribution >= 0.6 is 0 Å². The van der Waals surface area contributed by atoms with Gasteiger partial charge in [0.05, 0.1) is 24.0 Å². The molecular formula is C27H40F3N5O3. The zero-order valence-corrected chi connectivity index (χ0v) is 22.7. The third kappa shape index (κ3) is 6.71. The Morgan fingerprint density at radius 2 is 1.87 bits per heavy atom. The van der Waals surface area contributed by atoms with Crippen LogP contribution in [0, 0.1) is 17.8 Å². The van der Waals surface area contributed by atoms with Crippen LogP contribution in [0.4, 0.5) is 23.8 Å². The number of aromatic nitrogens is 3. The van der Waals surface area contributed by atoms with Gasteiger partial charge in [0.15, 0.2) is 0 Å². The van der Waals surface area contributed by atoms with E-state index in [4.69, 9.17) is 4.74 Å². The van der Waals surface area contributed by atoms with Gasteiger partial charge >= 0.3 is 12.3 Å². The number of likely N-dealkylation sites (tertiary alicyclic amines) is 1. The lowest BCUT2D eigenvalue weighted by Gasteiger charge is -2.36. The number of ether oxygens (including phenoxy) is 1. The highest BCUT2D eigenvalue weighted by atomic mass is 19.4. The first-order chi connectivity index (χ1) is 17.9. The molecule has 0 unspecified atom stereocenters. The fraction of sp³-hybridized carbons (Fsp3) is 0.741. The summed E-state index contributed by atoms with van der Waals surface area (Å²) >= 11 is 0. The van der Waals surface area contributed by atoms with Crippen molar-refractivity contribution in [2.24, 2.45) is 17.8 Å². The maximum atomic E-state index is 13.1. The van der Waals surface area contributed by atoms with Crippen molar-refractivity contribution in [1.29, 1.82) is 0 Å². The molecule has 0 bridgehead atoms. The third-order valence-corrected chi connectivity index (χ3v) is 7.81. The predicted octanol–water partition coefficient (Wildman–Crippen LogP) is 5.24. The van der Waals surface area contributed by atoms with Crippen LogP contribution < -0.4 is 4.90 Å². The second-order valence-corrected chi connectivity index (χ2v) is 11.7. The molecule has 2 aromatic rings. The monoisotopic (exact) mass is 539 g/mol. The van der Waals surface area contributed by atoms with Gasteiger partial charge < -0.3 is 24.2 Å². The Bertz CT molecular complexity index is 1090. The van der Waals surface area contributed by atoms with Gasteiger partial charge in [-0.05, 0) is 71.8 Å². The van der Waals surface area contributed by atoms with Gasteiger partial charge in [-0.1, -0.05) is 0 Å². The zero-order valence-electron chi connectivity index (χ0n) is 22.7. The van der Waals surface area contributed by atoms with Crippen LogP contribution in [-0.4, -0.2) is 74.7 Å². The molecule has 11 heteroatoms. The number of halogens is 3. The number of carbonyl (C=O) groups is 1. The van der Waals surface area contributed by atoms with Crippen LogP contribution in [0.2, 0.25) is 0 Å². The summed E-state index contributed by atoms with van der Waals surface area (Å²) in [6, 6.07) is 1.97. The molecule has 2 aromatic heterocycles. The molecule has 1 aliphatic carbocycles. The summed E-state index contributed by atoms with van der Waals surface area (Å²) in [6.07, 6.45) is 0.422. The molecule has 2 fully saturated rings. The van der Waals surface area contributed by atoms with Gasteiger partial charge in [-0.15, -0.1) is 0 Å². The van der Waals surface area contributed by atoms with E-state index in [0.717, 1.165) is 16.9 Å². The molecule has 38 heavy (non-hydrogen) atoms. The lowest BCUT2D eigenvalue weighted by atomic mass is 9.81. The van der Waals surface area contributed by atoms with Crippen molar-refractivity contribution in [3.05, 3.63) is 18.6 Å². The lowest BCUT2D eigenvalue weighted by Crippen LogP contribution is -2.49. The average Bonchev–Trinajstić information content (AvgIpc) is 3.25. The van der Waals surface area contributed by atoms with Crippen LogP contribution in [0.3, 0.4) is 0 Å². The molecule has 2 atom stereocenters. The number of aliphatic hydroxyl groups is 1. The van der Waals surface area contributed by atoms with E-state index in [-0.39, 0.29) is 31.2 Å². The number of β-amino-alcohol motifs (C(OH)–C–C–N with tert-alkyl or cyclic N) is 1. The highest BCUT2D eigenvalue weighted by Gasteiger charge is 2.41. The number of piperidine rings is 1. The largest absolute Gasteiger partial charge is 0.444 e. The quantitative estimate of drug-likeness (QED) is 0.540. The van der Waals surface area contributed by atoms with Gasteiger partial charge in [0.25, 0.3) is 0 Å². The van der Waals surface area contributed by atoms with Crippen LogP contribution in [0.25, 0.3) is 11.0 Å². The molecular weight excluding hydrogens is 499 g/mol. The van der Waals surface area contributed by atoms with Gasteiger partial charge in [0.2, 0.25) is 0 Å². The average molecular weight is 540 g/mol. The first kappa shape index (κ1) is 28.4. The molecule has 1 N–H and O–H groups in total. The molecule has 1 aliphatic heterocycles. The topological polar surface area (TPSA) is 83.7 Å². The van der Waals surface area contributed by atoms with Crippen molar-refractivity contribution >= 4 is 22.9 Å². The normalized spacial score (nSPS) is 25.0. The third-order valence-electron chi connectivity index (χ3n) is 7.81. The molecule has 1 saturated carbocycles. The van der Waals surface area contributed by atoms with Gasteiger partial charge in [-0.3, -0.25) is 0 Å². The molecule has 0 aromatic carbocycles. The van der Waals surface area contributed by atoms with E-state index in [1.165, 1.54) is 6.33 Å². The molecule has 212 valence electrons. The summed E-state index contributed by atoms with van der Waals surface area (Å²) in [5.74, 6) is -0.241. The number of nitrogens with zero attached hydrogens (tertiary/aromatic N) is 5. The zero-order chi connectivity index (χ0) is 27.7. The number of amides is 1. The molecule has 0 spiro atoms. The highest BCUT2D eigenvalue weighted by molar-refractivity contribution is 5.87. The number of fused-ring (bicyclic) bond motifs is 1.